The van der Waals surface area contributed by atoms with Gasteiger partial charge in [-0.1, -0.05) is 64.1 Å². The normalized spacial score (nSPS) is 14.3. The fourth-order valence-electron chi connectivity index (χ4n) is 4.80. The molecule has 3 aromatic rings. The number of carbonyl (C=O) groups is 2. The first kappa shape index (κ1) is 26.4. The summed E-state index contributed by atoms with van der Waals surface area (Å²) >= 11 is 0. The molecule has 0 bridgehead atoms. The predicted octanol–water partition coefficient (Wildman–Crippen LogP) is 4.86. The first-order valence-corrected chi connectivity index (χ1v) is 13.0. The number of piperazine rings is 1. The summed E-state index contributed by atoms with van der Waals surface area (Å²) in [6.45, 7) is 12.0. The van der Waals surface area contributed by atoms with Crippen molar-refractivity contribution in [3.05, 3.63) is 77.5 Å². The third-order valence-electron chi connectivity index (χ3n) is 6.91. The van der Waals surface area contributed by atoms with Crippen molar-refractivity contribution in [1.29, 1.82) is 0 Å². The van der Waals surface area contributed by atoms with Gasteiger partial charge in [0.15, 0.2) is 0 Å². The molecule has 0 aliphatic carbocycles. The van der Waals surface area contributed by atoms with Crippen molar-refractivity contribution in [3.8, 4) is 11.1 Å². The second-order valence-electron chi connectivity index (χ2n) is 10.3. The number of hydrogen-bond donors (Lipinski definition) is 2. The lowest BCUT2D eigenvalue weighted by Crippen LogP contribution is -2.49. The van der Waals surface area contributed by atoms with Gasteiger partial charge in [-0.15, -0.1) is 0 Å². The molecule has 1 aromatic heterocycles. The van der Waals surface area contributed by atoms with Crippen molar-refractivity contribution in [2.45, 2.75) is 39.5 Å². The van der Waals surface area contributed by atoms with Gasteiger partial charge in [-0.05, 0) is 52.3 Å². The zero-order chi connectivity index (χ0) is 26.5. The van der Waals surface area contributed by atoms with Gasteiger partial charge in [-0.25, -0.2) is 4.98 Å². The number of nitrogens with two attached hydrogens (primary N) is 1. The maximum atomic E-state index is 13.5. The summed E-state index contributed by atoms with van der Waals surface area (Å²) in [5.41, 5.74) is 11.1. The first-order chi connectivity index (χ1) is 17.7. The third kappa shape index (κ3) is 6.35. The number of nitrogens with one attached hydrogen (secondary N) is 1. The number of aromatic nitrogens is 1. The van der Waals surface area contributed by atoms with E-state index in [1.807, 2.05) is 29.2 Å². The van der Waals surface area contributed by atoms with Crippen LogP contribution in [0.2, 0.25) is 0 Å². The van der Waals surface area contributed by atoms with Crippen LogP contribution in [0.15, 0.2) is 60.8 Å². The van der Waals surface area contributed by atoms with Crippen LogP contribution >= 0.6 is 0 Å². The second kappa shape index (κ2) is 11.6. The molecule has 2 amide bonds. The Bertz CT molecular complexity index is 1230. The molecule has 4 rings (SSSR count). The summed E-state index contributed by atoms with van der Waals surface area (Å²) in [5.74, 6) is 1.12. The highest BCUT2D eigenvalue weighted by atomic mass is 16.2. The highest BCUT2D eigenvalue weighted by molar-refractivity contribution is 6.09. The smallest absolute Gasteiger partial charge is 0.256 e. The van der Waals surface area contributed by atoms with Crippen molar-refractivity contribution in [2.75, 3.05) is 42.9 Å². The molecule has 2 heterocycles. The molecular weight excluding hydrogens is 462 g/mol. The molecule has 0 saturated carbocycles. The molecule has 0 unspecified atom stereocenters. The molecule has 1 aliphatic heterocycles. The maximum absolute atomic E-state index is 13.5. The van der Waals surface area contributed by atoms with E-state index in [0.29, 0.717) is 17.2 Å². The lowest BCUT2D eigenvalue weighted by atomic mass is 9.87. The van der Waals surface area contributed by atoms with Crippen molar-refractivity contribution >= 4 is 23.3 Å². The molecule has 7 nitrogen and oxygen atoms in total. The van der Waals surface area contributed by atoms with Gasteiger partial charge in [0.1, 0.15) is 5.82 Å². The number of hydrogen-bond acceptors (Lipinski definition) is 5. The Balaban J connectivity index is 1.51. The maximum Gasteiger partial charge on any atom is 0.256 e. The van der Waals surface area contributed by atoms with E-state index >= 15 is 0 Å². The molecule has 194 valence electrons. The lowest BCUT2D eigenvalue weighted by Gasteiger charge is -2.34. The number of nitrogens with zero attached hydrogens (tertiary/aromatic N) is 3. The highest BCUT2D eigenvalue weighted by Gasteiger charge is 2.21. The highest BCUT2D eigenvalue weighted by Crippen LogP contribution is 2.34. The fraction of sp³-hybridized carbons (Fsp3) is 0.367. The van der Waals surface area contributed by atoms with Crippen LogP contribution < -0.4 is 16.0 Å². The first-order valence-electron chi connectivity index (χ1n) is 13.0. The molecule has 2 aromatic carbocycles. The summed E-state index contributed by atoms with van der Waals surface area (Å²) < 4.78 is 0. The minimum Gasteiger partial charge on any atom is -0.369 e. The molecular formula is C30H37N5O2. The summed E-state index contributed by atoms with van der Waals surface area (Å²) in [6, 6.07) is 18.3. The van der Waals surface area contributed by atoms with E-state index in [0.717, 1.165) is 48.7 Å². The summed E-state index contributed by atoms with van der Waals surface area (Å²) in [6.07, 6.45) is 1.70. The van der Waals surface area contributed by atoms with Crippen molar-refractivity contribution in [3.63, 3.8) is 0 Å². The van der Waals surface area contributed by atoms with Crippen molar-refractivity contribution in [1.82, 2.24) is 9.88 Å². The number of pyridine rings is 1. The number of carbonyl (C=O) groups excluding carboxylic acids is 2. The molecule has 1 saturated heterocycles. The molecule has 1 aliphatic rings. The summed E-state index contributed by atoms with van der Waals surface area (Å²) in [4.78, 5) is 33.4. The number of amides is 2. The summed E-state index contributed by atoms with van der Waals surface area (Å²) in [5, 5.41) is 3.04. The topological polar surface area (TPSA) is 91.6 Å². The van der Waals surface area contributed by atoms with Gasteiger partial charge in [0.05, 0.1) is 18.4 Å². The fourth-order valence-corrected chi connectivity index (χ4v) is 4.80. The minimum atomic E-state index is -0.304. The standard InChI is InChI=1S/C30H37N5O2/c1-20(2)22-8-10-23(11-9-22)29-25(21(3)4)6-5-7-26(29)30(37)33-24-12-13-28(32-18-24)35-16-14-34(15-17-35)19-27(31)36/h5-13,18,20-21H,14-17,19H2,1-4H3,(H2,31,36)(H,33,37). The van der Waals surface area contributed by atoms with E-state index in [4.69, 9.17) is 5.73 Å². The summed E-state index contributed by atoms with van der Waals surface area (Å²) in [7, 11) is 0. The van der Waals surface area contributed by atoms with Crippen LogP contribution in [0.1, 0.15) is 61.0 Å². The van der Waals surface area contributed by atoms with Crippen LogP contribution in [0, 0.1) is 0 Å². The zero-order valence-corrected chi connectivity index (χ0v) is 22.2. The van der Waals surface area contributed by atoms with E-state index in [1.54, 1.807) is 6.20 Å². The van der Waals surface area contributed by atoms with E-state index in [2.05, 4.69) is 73.2 Å². The Labute approximate surface area is 219 Å². The lowest BCUT2D eigenvalue weighted by molar-refractivity contribution is -0.119. The van der Waals surface area contributed by atoms with E-state index in [-0.39, 0.29) is 24.3 Å². The number of benzene rings is 2. The molecule has 0 radical (unpaired) electrons. The Hall–Kier alpha value is -3.71. The molecule has 0 atom stereocenters. The average molecular weight is 500 g/mol. The predicted molar refractivity (Wildman–Crippen MR) is 150 cm³/mol. The van der Waals surface area contributed by atoms with Gasteiger partial charge >= 0.3 is 0 Å². The molecule has 3 N–H and O–H groups in total. The van der Waals surface area contributed by atoms with Crippen LogP contribution in [0.5, 0.6) is 0 Å². The van der Waals surface area contributed by atoms with E-state index in [9.17, 15) is 9.59 Å². The molecule has 1 fully saturated rings. The molecule has 0 spiro atoms. The van der Waals surface area contributed by atoms with Gasteiger partial charge < -0.3 is 16.0 Å². The van der Waals surface area contributed by atoms with Crippen LogP contribution in [-0.4, -0.2) is 54.4 Å². The quantitative estimate of drug-likeness (QED) is 0.462. The van der Waals surface area contributed by atoms with Crippen molar-refractivity contribution in [2.24, 2.45) is 5.73 Å². The van der Waals surface area contributed by atoms with E-state index < -0.39 is 0 Å². The van der Waals surface area contributed by atoms with Crippen LogP contribution in [-0.2, 0) is 4.79 Å². The number of rotatable bonds is 8. The minimum absolute atomic E-state index is 0.153. The van der Waals surface area contributed by atoms with Gasteiger partial charge in [0.25, 0.3) is 5.91 Å². The average Bonchev–Trinajstić information content (AvgIpc) is 2.89. The monoisotopic (exact) mass is 499 g/mol. The van der Waals surface area contributed by atoms with Crippen LogP contribution in [0.4, 0.5) is 11.5 Å². The largest absolute Gasteiger partial charge is 0.369 e. The Morgan fingerprint density at radius 2 is 1.62 bits per heavy atom. The molecule has 37 heavy (non-hydrogen) atoms. The molecule has 7 heteroatoms. The van der Waals surface area contributed by atoms with Crippen LogP contribution in [0.25, 0.3) is 11.1 Å². The van der Waals surface area contributed by atoms with Crippen molar-refractivity contribution < 1.29 is 9.59 Å². The Morgan fingerprint density at radius 3 is 2.19 bits per heavy atom. The third-order valence-corrected chi connectivity index (χ3v) is 6.91. The number of primary amides is 1. The van der Waals surface area contributed by atoms with Gasteiger partial charge in [0.2, 0.25) is 5.91 Å². The van der Waals surface area contributed by atoms with Gasteiger partial charge in [0, 0.05) is 31.7 Å². The second-order valence-corrected chi connectivity index (χ2v) is 10.3. The zero-order valence-electron chi connectivity index (χ0n) is 22.2. The Kier molecular flexibility index (Phi) is 8.24. The number of anilines is 2. The van der Waals surface area contributed by atoms with Gasteiger partial charge in [-0.2, -0.15) is 0 Å². The SMILES string of the molecule is CC(C)c1ccc(-c2c(C(=O)Nc3ccc(N4CCN(CC(N)=O)CC4)nc3)cccc2C(C)C)cc1. The van der Waals surface area contributed by atoms with E-state index in [1.165, 1.54) is 5.56 Å². The van der Waals surface area contributed by atoms with Crippen LogP contribution in [0.3, 0.4) is 0 Å². The Morgan fingerprint density at radius 1 is 0.919 bits per heavy atom. The van der Waals surface area contributed by atoms with Gasteiger partial charge in [-0.3, -0.25) is 14.5 Å².